The normalized spacial score (nSPS) is 10.7. The van der Waals surface area contributed by atoms with Crippen LogP contribution in [0.1, 0.15) is 38.2 Å². The zero-order valence-electron chi connectivity index (χ0n) is 12.5. The number of carboxylic acids is 1. The second kappa shape index (κ2) is 5.08. The average Bonchev–Trinajstić information content (AvgIpc) is 2.43. The molecule has 0 saturated heterocycles. The zero-order chi connectivity index (χ0) is 15.0. The minimum absolute atomic E-state index is 0.220. The van der Waals surface area contributed by atoms with Crippen LogP contribution in [0.2, 0.25) is 0 Å². The van der Waals surface area contributed by atoms with Crippen molar-refractivity contribution < 1.29 is 9.90 Å². The molecule has 1 aromatic heterocycles. The van der Waals surface area contributed by atoms with E-state index in [0.717, 1.165) is 11.1 Å². The summed E-state index contributed by atoms with van der Waals surface area (Å²) in [5, 5.41) is 9.11. The van der Waals surface area contributed by atoms with Gasteiger partial charge in [-0.15, -0.1) is 0 Å². The van der Waals surface area contributed by atoms with Crippen LogP contribution in [-0.4, -0.2) is 16.1 Å². The number of hydrogen-bond donors (Lipinski definition) is 1. The molecule has 0 aliphatic carbocycles. The number of aromatic nitrogens is 1. The summed E-state index contributed by atoms with van der Waals surface area (Å²) in [6, 6.07) is 1.69. The lowest BCUT2D eigenvalue weighted by molar-refractivity contribution is 0.0696. The van der Waals surface area contributed by atoms with E-state index < -0.39 is 5.97 Å². The Morgan fingerprint density at radius 2 is 1.40 bits per heavy atom. The van der Waals surface area contributed by atoms with Crippen LogP contribution >= 0.6 is 0 Å². The highest BCUT2D eigenvalue weighted by Gasteiger charge is 2.15. The van der Waals surface area contributed by atoms with Gasteiger partial charge >= 0.3 is 5.97 Å². The molecule has 0 atom stereocenters. The Morgan fingerprint density at radius 3 is 1.90 bits per heavy atom. The molecule has 0 radical (unpaired) electrons. The molecule has 0 aliphatic heterocycles. The average molecular weight is 269 g/mol. The maximum absolute atomic E-state index is 11.1. The second-order valence-electron chi connectivity index (χ2n) is 5.27. The summed E-state index contributed by atoms with van der Waals surface area (Å²) in [5.41, 5.74) is 8.37. The highest BCUT2D eigenvalue weighted by Crippen LogP contribution is 2.33. The molecular formula is C17H19NO2. The summed E-state index contributed by atoms with van der Waals surface area (Å²) >= 11 is 0. The largest absolute Gasteiger partial charge is 0.478 e. The number of benzene rings is 1. The van der Waals surface area contributed by atoms with Crippen molar-refractivity contribution in [1.82, 2.24) is 4.98 Å². The van der Waals surface area contributed by atoms with E-state index in [4.69, 9.17) is 5.11 Å². The van der Waals surface area contributed by atoms with Gasteiger partial charge in [0.2, 0.25) is 0 Å². The topological polar surface area (TPSA) is 50.2 Å². The summed E-state index contributed by atoms with van der Waals surface area (Å²) in [4.78, 5) is 15.2. The number of pyridine rings is 1. The molecule has 0 bridgehead atoms. The Bertz CT molecular complexity index is 673. The third-order valence-electron chi connectivity index (χ3n) is 4.27. The van der Waals surface area contributed by atoms with E-state index in [1.54, 1.807) is 12.3 Å². The molecule has 2 rings (SSSR count). The molecule has 2 aromatic rings. The van der Waals surface area contributed by atoms with Gasteiger partial charge in [-0.05, 0) is 74.1 Å². The van der Waals surface area contributed by atoms with Crippen molar-refractivity contribution in [3.05, 3.63) is 51.8 Å². The standard InChI is InChI=1S/C17H19NO2/c1-9-10(2)12(4)16(13(5)11(9)3)14-6-15(17(19)20)8-18-7-14/h6-8H,1-5H3,(H,19,20). The molecule has 0 unspecified atom stereocenters. The van der Waals surface area contributed by atoms with Crippen LogP contribution in [0, 0.1) is 34.6 Å². The maximum Gasteiger partial charge on any atom is 0.337 e. The number of aromatic carboxylic acids is 1. The minimum Gasteiger partial charge on any atom is -0.478 e. The predicted molar refractivity (Wildman–Crippen MR) is 80.3 cm³/mol. The van der Waals surface area contributed by atoms with Crippen LogP contribution in [0.4, 0.5) is 0 Å². The van der Waals surface area contributed by atoms with E-state index >= 15 is 0 Å². The fraction of sp³-hybridized carbons (Fsp3) is 0.294. The van der Waals surface area contributed by atoms with Crippen molar-refractivity contribution in [3.8, 4) is 11.1 Å². The monoisotopic (exact) mass is 269 g/mol. The van der Waals surface area contributed by atoms with E-state index in [9.17, 15) is 4.79 Å². The fourth-order valence-electron chi connectivity index (χ4n) is 2.63. The van der Waals surface area contributed by atoms with Gasteiger partial charge < -0.3 is 5.11 Å². The molecule has 3 nitrogen and oxygen atoms in total. The Hall–Kier alpha value is -2.16. The molecular weight excluding hydrogens is 250 g/mol. The van der Waals surface area contributed by atoms with E-state index in [0.29, 0.717) is 0 Å². The summed E-state index contributed by atoms with van der Waals surface area (Å²) in [6.45, 7) is 10.5. The van der Waals surface area contributed by atoms with Gasteiger partial charge in [0.15, 0.2) is 0 Å². The van der Waals surface area contributed by atoms with Crippen LogP contribution in [0.25, 0.3) is 11.1 Å². The van der Waals surface area contributed by atoms with Crippen LogP contribution in [0.3, 0.4) is 0 Å². The summed E-state index contributed by atoms with van der Waals surface area (Å²) in [5.74, 6) is -0.949. The van der Waals surface area contributed by atoms with Gasteiger partial charge in [-0.1, -0.05) is 0 Å². The van der Waals surface area contributed by atoms with Gasteiger partial charge in [-0.2, -0.15) is 0 Å². The zero-order valence-corrected chi connectivity index (χ0v) is 12.5. The van der Waals surface area contributed by atoms with Crippen molar-refractivity contribution in [3.63, 3.8) is 0 Å². The molecule has 1 N–H and O–H groups in total. The number of hydrogen-bond acceptors (Lipinski definition) is 2. The van der Waals surface area contributed by atoms with Crippen molar-refractivity contribution in [2.24, 2.45) is 0 Å². The highest BCUT2D eigenvalue weighted by atomic mass is 16.4. The van der Waals surface area contributed by atoms with Gasteiger partial charge in [-0.3, -0.25) is 4.98 Å². The van der Waals surface area contributed by atoms with Gasteiger partial charge in [0, 0.05) is 18.0 Å². The van der Waals surface area contributed by atoms with E-state index in [-0.39, 0.29) is 5.56 Å². The lowest BCUT2D eigenvalue weighted by Gasteiger charge is -2.18. The van der Waals surface area contributed by atoms with Crippen LogP contribution in [0.15, 0.2) is 18.5 Å². The third kappa shape index (κ3) is 2.20. The molecule has 104 valence electrons. The van der Waals surface area contributed by atoms with Crippen molar-refractivity contribution in [2.45, 2.75) is 34.6 Å². The molecule has 0 fully saturated rings. The van der Waals surface area contributed by atoms with Crippen molar-refractivity contribution >= 4 is 5.97 Å². The SMILES string of the molecule is Cc1c(C)c(C)c(-c2cncc(C(=O)O)c2)c(C)c1C. The number of carbonyl (C=O) groups is 1. The molecule has 3 heteroatoms. The van der Waals surface area contributed by atoms with E-state index in [1.165, 1.54) is 34.0 Å². The fourth-order valence-corrected chi connectivity index (χ4v) is 2.63. The molecule has 1 aromatic carbocycles. The number of nitrogens with zero attached hydrogens (tertiary/aromatic N) is 1. The maximum atomic E-state index is 11.1. The lowest BCUT2D eigenvalue weighted by atomic mass is 9.86. The Labute approximate surface area is 119 Å². The van der Waals surface area contributed by atoms with Gasteiger partial charge in [0.1, 0.15) is 0 Å². The lowest BCUT2D eigenvalue weighted by Crippen LogP contribution is -2.02. The molecule has 0 amide bonds. The molecule has 0 spiro atoms. The highest BCUT2D eigenvalue weighted by molar-refractivity contribution is 5.89. The Morgan fingerprint density at radius 1 is 0.900 bits per heavy atom. The third-order valence-corrected chi connectivity index (χ3v) is 4.27. The summed E-state index contributed by atoms with van der Waals surface area (Å²) in [7, 11) is 0. The Kier molecular flexibility index (Phi) is 3.62. The van der Waals surface area contributed by atoms with E-state index in [1.807, 2.05) is 0 Å². The van der Waals surface area contributed by atoms with Gasteiger partial charge in [-0.25, -0.2) is 4.79 Å². The van der Waals surface area contributed by atoms with Gasteiger partial charge in [0.25, 0.3) is 0 Å². The predicted octanol–water partition coefficient (Wildman–Crippen LogP) is 3.99. The first kappa shape index (κ1) is 14.3. The molecule has 0 saturated carbocycles. The first-order chi connectivity index (χ1) is 9.34. The van der Waals surface area contributed by atoms with Gasteiger partial charge in [0.05, 0.1) is 5.56 Å². The van der Waals surface area contributed by atoms with Crippen molar-refractivity contribution in [2.75, 3.05) is 0 Å². The minimum atomic E-state index is -0.949. The first-order valence-corrected chi connectivity index (χ1v) is 6.60. The van der Waals surface area contributed by atoms with Crippen LogP contribution in [0.5, 0.6) is 0 Å². The quantitative estimate of drug-likeness (QED) is 0.896. The summed E-state index contributed by atoms with van der Waals surface area (Å²) in [6.07, 6.45) is 3.11. The first-order valence-electron chi connectivity index (χ1n) is 6.60. The second-order valence-corrected chi connectivity index (χ2v) is 5.27. The number of carboxylic acid groups (broad SMARTS) is 1. The molecule has 20 heavy (non-hydrogen) atoms. The van der Waals surface area contributed by atoms with E-state index in [2.05, 4.69) is 39.6 Å². The molecule has 0 aliphatic rings. The molecule has 1 heterocycles. The Balaban J connectivity index is 2.76. The van der Waals surface area contributed by atoms with Crippen LogP contribution in [-0.2, 0) is 0 Å². The van der Waals surface area contributed by atoms with Crippen LogP contribution < -0.4 is 0 Å². The number of rotatable bonds is 2. The smallest absolute Gasteiger partial charge is 0.337 e. The van der Waals surface area contributed by atoms with Crippen molar-refractivity contribution in [1.29, 1.82) is 0 Å². The summed E-state index contributed by atoms with van der Waals surface area (Å²) < 4.78 is 0.